The van der Waals surface area contributed by atoms with Crippen molar-refractivity contribution in [2.45, 2.75) is 25.9 Å². The molecule has 2 nitrogen and oxygen atoms in total. The van der Waals surface area contributed by atoms with Gasteiger partial charge in [0.15, 0.2) is 0 Å². The molecule has 0 spiro atoms. The van der Waals surface area contributed by atoms with Gasteiger partial charge in [-0.05, 0) is 37.6 Å². The molecule has 0 heterocycles. The van der Waals surface area contributed by atoms with Gasteiger partial charge in [-0.2, -0.15) is 0 Å². The van der Waals surface area contributed by atoms with Crippen LogP contribution in [0.1, 0.15) is 37.1 Å². The van der Waals surface area contributed by atoms with Crippen molar-refractivity contribution >= 4 is 0 Å². The van der Waals surface area contributed by atoms with Crippen LogP contribution in [-0.4, -0.2) is 7.11 Å². The molecule has 2 atom stereocenters. The largest absolute Gasteiger partial charge is 0.496 e. The van der Waals surface area contributed by atoms with Crippen molar-refractivity contribution in [2.24, 2.45) is 0 Å². The molecular formula is C17H20FNO. The predicted molar refractivity (Wildman–Crippen MR) is 79.4 cm³/mol. The Bertz CT molecular complexity index is 553. The maximum atomic E-state index is 12.9. The first-order valence-electron chi connectivity index (χ1n) is 6.76. The molecule has 1 N–H and O–H groups in total. The first kappa shape index (κ1) is 14.5. The number of nitrogens with one attached hydrogen (secondary N) is 1. The molecule has 0 aliphatic heterocycles. The van der Waals surface area contributed by atoms with E-state index in [0.717, 1.165) is 16.9 Å². The van der Waals surface area contributed by atoms with Gasteiger partial charge in [-0.25, -0.2) is 4.39 Å². The SMILES string of the molecule is COc1ccccc1[C@@H](C)NC(C)c1ccc(F)cc1. The summed E-state index contributed by atoms with van der Waals surface area (Å²) in [5.41, 5.74) is 2.18. The van der Waals surface area contributed by atoms with Gasteiger partial charge in [0.25, 0.3) is 0 Å². The van der Waals surface area contributed by atoms with Crippen molar-refractivity contribution in [3.8, 4) is 5.75 Å². The lowest BCUT2D eigenvalue weighted by atomic mass is 10.0. The Kier molecular flexibility index (Phi) is 4.74. The normalized spacial score (nSPS) is 13.8. The Morgan fingerprint density at radius 3 is 2.25 bits per heavy atom. The molecule has 0 aromatic heterocycles. The fourth-order valence-electron chi connectivity index (χ4n) is 2.34. The summed E-state index contributed by atoms with van der Waals surface area (Å²) in [6.07, 6.45) is 0. The van der Waals surface area contributed by atoms with Gasteiger partial charge in [-0.1, -0.05) is 30.3 Å². The van der Waals surface area contributed by atoms with Gasteiger partial charge >= 0.3 is 0 Å². The van der Waals surface area contributed by atoms with Gasteiger partial charge in [-0.15, -0.1) is 0 Å². The topological polar surface area (TPSA) is 21.3 Å². The summed E-state index contributed by atoms with van der Waals surface area (Å²) in [6.45, 7) is 4.16. The van der Waals surface area contributed by atoms with Crippen LogP contribution in [0.2, 0.25) is 0 Å². The van der Waals surface area contributed by atoms with Gasteiger partial charge in [-0.3, -0.25) is 0 Å². The van der Waals surface area contributed by atoms with Crippen LogP contribution in [0.4, 0.5) is 4.39 Å². The average molecular weight is 273 g/mol. The predicted octanol–water partition coefficient (Wildman–Crippen LogP) is 4.25. The van der Waals surface area contributed by atoms with Crippen LogP contribution in [0.25, 0.3) is 0 Å². The molecule has 0 aliphatic carbocycles. The third kappa shape index (κ3) is 3.36. The van der Waals surface area contributed by atoms with E-state index in [1.165, 1.54) is 12.1 Å². The molecule has 2 aromatic rings. The summed E-state index contributed by atoms with van der Waals surface area (Å²) in [5.74, 6) is 0.664. The maximum absolute atomic E-state index is 12.9. The molecule has 0 saturated heterocycles. The zero-order valence-corrected chi connectivity index (χ0v) is 12.1. The number of halogens is 1. The molecule has 0 bridgehead atoms. The summed E-state index contributed by atoms with van der Waals surface area (Å²) in [7, 11) is 1.68. The lowest BCUT2D eigenvalue weighted by Crippen LogP contribution is -2.22. The van der Waals surface area contributed by atoms with Crippen molar-refractivity contribution in [1.29, 1.82) is 0 Å². The quantitative estimate of drug-likeness (QED) is 0.879. The maximum Gasteiger partial charge on any atom is 0.123 e. The second-order valence-corrected chi connectivity index (χ2v) is 4.90. The lowest BCUT2D eigenvalue weighted by molar-refractivity contribution is 0.396. The highest BCUT2D eigenvalue weighted by molar-refractivity contribution is 5.35. The number of para-hydroxylation sites is 1. The summed E-state index contributed by atoms with van der Waals surface area (Å²) in [4.78, 5) is 0. The van der Waals surface area contributed by atoms with E-state index in [1.54, 1.807) is 7.11 Å². The molecule has 20 heavy (non-hydrogen) atoms. The van der Waals surface area contributed by atoms with Crippen LogP contribution in [0.5, 0.6) is 5.75 Å². The minimum Gasteiger partial charge on any atom is -0.496 e. The second-order valence-electron chi connectivity index (χ2n) is 4.90. The average Bonchev–Trinajstić information content (AvgIpc) is 2.47. The summed E-state index contributed by atoms with van der Waals surface area (Å²) in [6, 6.07) is 14.8. The zero-order chi connectivity index (χ0) is 14.5. The third-order valence-electron chi connectivity index (χ3n) is 3.48. The van der Waals surface area contributed by atoms with Crippen LogP contribution < -0.4 is 10.1 Å². The van der Waals surface area contributed by atoms with E-state index in [4.69, 9.17) is 4.74 Å². The monoisotopic (exact) mass is 273 g/mol. The number of hydrogen-bond donors (Lipinski definition) is 1. The van der Waals surface area contributed by atoms with Crippen molar-refractivity contribution in [3.63, 3.8) is 0 Å². The van der Waals surface area contributed by atoms with Crippen molar-refractivity contribution in [3.05, 3.63) is 65.5 Å². The molecular weight excluding hydrogens is 253 g/mol. The van der Waals surface area contributed by atoms with E-state index in [1.807, 2.05) is 36.4 Å². The Labute approximate surface area is 119 Å². The van der Waals surface area contributed by atoms with Gasteiger partial charge in [0.05, 0.1) is 7.11 Å². The van der Waals surface area contributed by atoms with Crippen LogP contribution in [0, 0.1) is 5.82 Å². The molecule has 2 rings (SSSR count). The van der Waals surface area contributed by atoms with E-state index >= 15 is 0 Å². The molecule has 0 amide bonds. The molecule has 2 aromatic carbocycles. The highest BCUT2D eigenvalue weighted by Gasteiger charge is 2.14. The van der Waals surface area contributed by atoms with E-state index in [9.17, 15) is 4.39 Å². The Balaban J connectivity index is 2.10. The molecule has 0 saturated carbocycles. The van der Waals surface area contributed by atoms with Crippen molar-refractivity contribution in [1.82, 2.24) is 5.32 Å². The van der Waals surface area contributed by atoms with Crippen LogP contribution >= 0.6 is 0 Å². The van der Waals surface area contributed by atoms with E-state index in [-0.39, 0.29) is 17.9 Å². The van der Waals surface area contributed by atoms with Gasteiger partial charge in [0.2, 0.25) is 0 Å². The van der Waals surface area contributed by atoms with Crippen LogP contribution in [0.15, 0.2) is 48.5 Å². The third-order valence-corrected chi connectivity index (χ3v) is 3.48. The second kappa shape index (κ2) is 6.53. The van der Waals surface area contributed by atoms with Crippen molar-refractivity contribution in [2.75, 3.05) is 7.11 Å². The van der Waals surface area contributed by atoms with E-state index in [2.05, 4.69) is 19.2 Å². The fourth-order valence-corrected chi connectivity index (χ4v) is 2.34. The van der Waals surface area contributed by atoms with Crippen LogP contribution in [0.3, 0.4) is 0 Å². The first-order chi connectivity index (χ1) is 9.61. The van der Waals surface area contributed by atoms with Gasteiger partial charge in [0.1, 0.15) is 11.6 Å². The zero-order valence-electron chi connectivity index (χ0n) is 12.1. The molecule has 0 aliphatic rings. The number of methoxy groups -OCH3 is 1. The Morgan fingerprint density at radius 2 is 1.60 bits per heavy atom. The van der Waals surface area contributed by atoms with Gasteiger partial charge in [0, 0.05) is 17.6 Å². The number of rotatable bonds is 5. The standard InChI is InChI=1S/C17H20FNO/c1-12(14-8-10-15(18)11-9-14)19-13(2)16-6-4-5-7-17(16)20-3/h4-13,19H,1-3H3/t12?,13-/m1/s1. The summed E-state index contributed by atoms with van der Waals surface area (Å²) in [5, 5.41) is 3.50. The van der Waals surface area contributed by atoms with E-state index in [0.29, 0.717) is 0 Å². The highest BCUT2D eigenvalue weighted by atomic mass is 19.1. The number of ether oxygens (including phenoxy) is 1. The molecule has 106 valence electrons. The fraction of sp³-hybridized carbons (Fsp3) is 0.294. The minimum absolute atomic E-state index is 0.135. The molecule has 3 heteroatoms. The summed E-state index contributed by atoms with van der Waals surface area (Å²) < 4.78 is 18.3. The summed E-state index contributed by atoms with van der Waals surface area (Å²) >= 11 is 0. The van der Waals surface area contributed by atoms with Crippen molar-refractivity contribution < 1.29 is 9.13 Å². The highest BCUT2D eigenvalue weighted by Crippen LogP contribution is 2.26. The lowest BCUT2D eigenvalue weighted by Gasteiger charge is -2.22. The molecule has 0 radical (unpaired) electrons. The molecule has 0 fully saturated rings. The van der Waals surface area contributed by atoms with E-state index < -0.39 is 0 Å². The number of benzene rings is 2. The Hall–Kier alpha value is -1.87. The minimum atomic E-state index is -0.210. The van der Waals surface area contributed by atoms with Crippen LogP contribution in [-0.2, 0) is 0 Å². The number of hydrogen-bond acceptors (Lipinski definition) is 2. The molecule has 1 unspecified atom stereocenters. The smallest absolute Gasteiger partial charge is 0.123 e. The first-order valence-corrected chi connectivity index (χ1v) is 6.76. The Morgan fingerprint density at radius 1 is 0.950 bits per heavy atom. The van der Waals surface area contributed by atoms with Gasteiger partial charge < -0.3 is 10.1 Å².